The van der Waals surface area contributed by atoms with Gasteiger partial charge in [-0.25, -0.2) is 4.79 Å². The van der Waals surface area contributed by atoms with Gasteiger partial charge in [0.1, 0.15) is 18.5 Å². The van der Waals surface area contributed by atoms with Crippen LogP contribution in [0.2, 0.25) is 0 Å². The highest BCUT2D eigenvalue weighted by Crippen LogP contribution is 2.37. The number of fused-ring (bicyclic) bond motifs is 1. The molecule has 0 radical (unpaired) electrons. The van der Waals surface area contributed by atoms with Crippen molar-refractivity contribution in [2.75, 3.05) is 46.1 Å². The number of carbonyl (C=O) groups is 1. The Kier molecular flexibility index (Phi) is 9.13. The molecule has 35 heavy (non-hydrogen) atoms. The van der Waals surface area contributed by atoms with Crippen LogP contribution in [-0.4, -0.2) is 72.7 Å². The first-order valence-electron chi connectivity index (χ1n) is 11.7. The lowest BCUT2D eigenvalue weighted by molar-refractivity contribution is 0.00459. The number of esters is 1. The molecule has 4 rings (SSSR count). The Hall–Kier alpha value is -2.04. The van der Waals surface area contributed by atoms with Crippen molar-refractivity contribution in [3.05, 3.63) is 58.2 Å². The normalized spacial score (nSPS) is 15.3. The van der Waals surface area contributed by atoms with E-state index in [1.54, 1.807) is 11.8 Å². The van der Waals surface area contributed by atoms with Crippen molar-refractivity contribution < 1.29 is 24.1 Å². The zero-order valence-electron chi connectivity index (χ0n) is 20.0. The van der Waals surface area contributed by atoms with Crippen LogP contribution in [0.3, 0.4) is 0 Å². The monoisotopic (exact) mass is 562 g/mol. The summed E-state index contributed by atoms with van der Waals surface area (Å²) in [6, 6.07) is 13.9. The van der Waals surface area contributed by atoms with Crippen LogP contribution in [-0.2, 0) is 22.3 Å². The van der Waals surface area contributed by atoms with Gasteiger partial charge in [0.05, 0.1) is 35.4 Å². The van der Waals surface area contributed by atoms with E-state index in [2.05, 4.69) is 33.0 Å². The van der Waals surface area contributed by atoms with E-state index in [9.17, 15) is 9.90 Å². The highest BCUT2D eigenvalue weighted by Gasteiger charge is 2.24. The van der Waals surface area contributed by atoms with Gasteiger partial charge in [0.2, 0.25) is 0 Å². The van der Waals surface area contributed by atoms with E-state index in [1.165, 1.54) is 0 Å². The summed E-state index contributed by atoms with van der Waals surface area (Å²) in [6.07, 6.45) is -0.631. The van der Waals surface area contributed by atoms with Gasteiger partial charge in [-0.3, -0.25) is 4.90 Å². The van der Waals surface area contributed by atoms with E-state index >= 15 is 0 Å². The minimum atomic E-state index is -0.631. The molecule has 1 unspecified atom stereocenters. The minimum absolute atomic E-state index is 0.153. The molecule has 0 amide bonds. The molecule has 2 heterocycles. The Morgan fingerprint density at radius 1 is 1.23 bits per heavy atom. The molecule has 1 saturated heterocycles. The summed E-state index contributed by atoms with van der Waals surface area (Å²) in [4.78, 5) is 16.3. The van der Waals surface area contributed by atoms with Crippen LogP contribution in [0.4, 0.5) is 0 Å². The van der Waals surface area contributed by atoms with Gasteiger partial charge in [-0.05, 0) is 47.1 Å². The Bertz CT molecular complexity index is 1150. The van der Waals surface area contributed by atoms with Crippen LogP contribution in [0, 0.1) is 0 Å². The number of hydrogen-bond acceptors (Lipinski definition) is 7. The lowest BCUT2D eigenvalue weighted by atomic mass is 10.1. The molecule has 3 aromatic rings. The SMILES string of the molecule is CCOC(=O)c1c(CSc2ccccc2)n(C)c2cc(Br)c(OCC(O)CN3CCOCC3)cc12. The Morgan fingerprint density at radius 2 is 1.97 bits per heavy atom. The number of ether oxygens (including phenoxy) is 3. The van der Waals surface area contributed by atoms with E-state index in [4.69, 9.17) is 14.2 Å². The lowest BCUT2D eigenvalue weighted by Gasteiger charge is -2.28. The van der Waals surface area contributed by atoms with E-state index in [1.807, 2.05) is 48.9 Å². The van der Waals surface area contributed by atoms with Gasteiger partial charge in [0.25, 0.3) is 0 Å². The third-order valence-electron chi connectivity index (χ3n) is 5.98. The summed E-state index contributed by atoms with van der Waals surface area (Å²) < 4.78 is 19.6. The Labute approximate surface area is 218 Å². The number of carbonyl (C=O) groups excluding carboxylic acids is 1. The fourth-order valence-corrected chi connectivity index (χ4v) is 5.63. The number of hydrogen-bond donors (Lipinski definition) is 1. The fraction of sp³-hybridized carbons (Fsp3) is 0.423. The number of benzene rings is 2. The van der Waals surface area contributed by atoms with Crippen LogP contribution in [0.25, 0.3) is 10.9 Å². The largest absolute Gasteiger partial charge is 0.490 e. The Morgan fingerprint density at radius 3 is 2.69 bits per heavy atom. The number of β-amino-alcohol motifs (C(OH)–C–C–N with tert-alkyl or cyclic N) is 1. The molecule has 1 aromatic heterocycles. The van der Waals surface area contributed by atoms with Gasteiger partial charge in [-0.2, -0.15) is 0 Å². The molecule has 1 aliphatic heterocycles. The quantitative estimate of drug-likeness (QED) is 0.288. The first-order chi connectivity index (χ1) is 17.0. The van der Waals surface area contributed by atoms with Crippen molar-refractivity contribution in [3.8, 4) is 5.75 Å². The summed E-state index contributed by atoms with van der Waals surface area (Å²) in [6.45, 7) is 5.78. The second kappa shape index (κ2) is 12.3. The molecule has 7 nitrogen and oxygen atoms in total. The van der Waals surface area contributed by atoms with Gasteiger partial charge >= 0.3 is 5.97 Å². The van der Waals surface area contributed by atoms with Gasteiger partial charge in [0.15, 0.2) is 0 Å². The molecule has 2 aromatic carbocycles. The molecule has 0 saturated carbocycles. The third kappa shape index (κ3) is 6.40. The second-order valence-corrected chi connectivity index (χ2v) is 10.3. The predicted molar refractivity (Wildman–Crippen MR) is 141 cm³/mol. The molecule has 1 atom stereocenters. The van der Waals surface area contributed by atoms with Crippen LogP contribution >= 0.6 is 27.7 Å². The maximum absolute atomic E-state index is 13.0. The predicted octanol–water partition coefficient (Wildman–Crippen LogP) is 4.48. The maximum atomic E-state index is 13.0. The van der Waals surface area contributed by atoms with Crippen molar-refractivity contribution in [2.45, 2.75) is 23.7 Å². The molecular weight excluding hydrogens is 532 g/mol. The molecule has 0 aliphatic carbocycles. The standard InChI is InChI=1S/C26H31BrN2O5S/c1-3-33-26(31)25-20-13-24(34-16-18(30)15-29-9-11-32-12-10-29)21(27)14-22(20)28(2)23(25)17-35-19-7-5-4-6-8-19/h4-8,13-14,18,30H,3,9-12,15-17H2,1-2H3. The number of nitrogens with zero attached hydrogens (tertiary/aromatic N) is 2. The number of aryl methyl sites for hydroxylation is 1. The van der Waals surface area contributed by atoms with Crippen molar-refractivity contribution >= 4 is 44.6 Å². The van der Waals surface area contributed by atoms with Gasteiger partial charge < -0.3 is 23.9 Å². The molecule has 1 fully saturated rings. The average molecular weight is 564 g/mol. The van der Waals surface area contributed by atoms with Crippen LogP contribution < -0.4 is 4.74 Å². The highest BCUT2D eigenvalue weighted by molar-refractivity contribution is 9.10. The number of aliphatic hydroxyl groups is 1. The summed E-state index contributed by atoms with van der Waals surface area (Å²) in [5.41, 5.74) is 2.35. The van der Waals surface area contributed by atoms with Crippen molar-refractivity contribution in [1.82, 2.24) is 9.47 Å². The number of thioether (sulfide) groups is 1. The second-order valence-electron chi connectivity index (χ2n) is 8.38. The van der Waals surface area contributed by atoms with E-state index < -0.39 is 6.10 Å². The Balaban J connectivity index is 1.58. The topological polar surface area (TPSA) is 73.2 Å². The summed E-state index contributed by atoms with van der Waals surface area (Å²) in [7, 11) is 1.96. The number of aliphatic hydroxyl groups excluding tert-OH is 1. The molecule has 0 bridgehead atoms. The van der Waals surface area contributed by atoms with E-state index in [0.717, 1.165) is 39.1 Å². The van der Waals surface area contributed by atoms with Gasteiger partial charge in [0, 0.05) is 48.4 Å². The smallest absolute Gasteiger partial charge is 0.340 e. The van der Waals surface area contributed by atoms with Gasteiger partial charge in [-0.15, -0.1) is 11.8 Å². The number of morpholine rings is 1. The lowest BCUT2D eigenvalue weighted by Crippen LogP contribution is -2.42. The van der Waals surface area contributed by atoms with Crippen LogP contribution in [0.1, 0.15) is 23.0 Å². The van der Waals surface area contributed by atoms with Gasteiger partial charge in [-0.1, -0.05) is 18.2 Å². The molecule has 9 heteroatoms. The van der Waals surface area contributed by atoms with E-state index in [0.29, 0.717) is 43.4 Å². The van der Waals surface area contributed by atoms with Crippen molar-refractivity contribution in [2.24, 2.45) is 7.05 Å². The zero-order valence-corrected chi connectivity index (χ0v) is 22.4. The number of rotatable bonds is 10. The zero-order chi connectivity index (χ0) is 24.8. The summed E-state index contributed by atoms with van der Waals surface area (Å²) in [5.74, 6) is 0.856. The number of aromatic nitrogens is 1. The first-order valence-corrected chi connectivity index (χ1v) is 13.5. The van der Waals surface area contributed by atoms with E-state index in [-0.39, 0.29) is 12.6 Å². The molecule has 188 valence electrons. The summed E-state index contributed by atoms with van der Waals surface area (Å²) >= 11 is 5.28. The third-order valence-corrected chi connectivity index (χ3v) is 7.62. The van der Waals surface area contributed by atoms with Crippen molar-refractivity contribution in [3.63, 3.8) is 0 Å². The molecule has 1 aliphatic rings. The average Bonchev–Trinajstić information content (AvgIpc) is 3.13. The van der Waals surface area contributed by atoms with Crippen molar-refractivity contribution in [1.29, 1.82) is 0 Å². The maximum Gasteiger partial charge on any atom is 0.340 e. The fourth-order valence-electron chi connectivity index (χ4n) is 4.19. The minimum Gasteiger partial charge on any atom is -0.490 e. The first kappa shape index (κ1) is 26.0. The highest BCUT2D eigenvalue weighted by atomic mass is 79.9. The molecule has 0 spiro atoms. The number of halogens is 1. The molecule has 1 N–H and O–H groups in total. The van der Waals surface area contributed by atoms with Crippen LogP contribution in [0.5, 0.6) is 5.75 Å². The van der Waals surface area contributed by atoms with Crippen LogP contribution in [0.15, 0.2) is 51.8 Å². The molecular formula is C26H31BrN2O5S. The summed E-state index contributed by atoms with van der Waals surface area (Å²) in [5, 5.41) is 11.3.